The van der Waals surface area contributed by atoms with Crippen LogP contribution in [0.1, 0.15) is 0 Å². The third kappa shape index (κ3) is 0.576. The van der Waals surface area contributed by atoms with Crippen LogP contribution in [0.25, 0.3) is 0 Å². The van der Waals surface area contributed by atoms with Gasteiger partial charge in [0.15, 0.2) is 0 Å². The van der Waals surface area contributed by atoms with Crippen LogP contribution in [0.5, 0.6) is 0 Å². The van der Waals surface area contributed by atoms with Crippen molar-refractivity contribution in [3.63, 3.8) is 0 Å². The van der Waals surface area contributed by atoms with E-state index in [0.29, 0.717) is 17.8 Å². The quantitative estimate of drug-likeness (QED) is 0.444. The standard InChI is InChI=1S/C6H9N3/c7-1-4-5-2-9(8)3-6(4)5/h4-6H,2-3,8H2/t4?,5-,6?/m1/s1. The molecule has 2 rings (SSSR count). The molecule has 1 heterocycles. The molecule has 0 bridgehead atoms. The normalized spacial score (nSPS) is 48.2. The first-order valence-electron chi connectivity index (χ1n) is 3.22. The van der Waals surface area contributed by atoms with Gasteiger partial charge >= 0.3 is 0 Å². The van der Waals surface area contributed by atoms with Crippen molar-refractivity contribution in [1.29, 1.82) is 5.26 Å². The first-order valence-corrected chi connectivity index (χ1v) is 3.22. The van der Waals surface area contributed by atoms with Gasteiger partial charge in [0.05, 0.1) is 12.0 Å². The minimum atomic E-state index is 0.338. The molecular weight excluding hydrogens is 114 g/mol. The molecule has 2 N–H and O–H groups in total. The van der Waals surface area contributed by atoms with Crippen LogP contribution in [0.4, 0.5) is 0 Å². The molecule has 1 saturated heterocycles. The molecule has 0 amide bonds. The zero-order valence-electron chi connectivity index (χ0n) is 5.12. The topological polar surface area (TPSA) is 53.0 Å². The fourth-order valence-corrected chi connectivity index (χ4v) is 1.75. The highest BCUT2D eigenvalue weighted by Crippen LogP contribution is 2.50. The zero-order chi connectivity index (χ0) is 6.43. The fraction of sp³-hybridized carbons (Fsp3) is 0.833. The third-order valence-electron chi connectivity index (χ3n) is 2.37. The maximum absolute atomic E-state index is 8.49. The van der Waals surface area contributed by atoms with Crippen LogP contribution in [-0.2, 0) is 0 Å². The van der Waals surface area contributed by atoms with Crippen LogP contribution in [0.3, 0.4) is 0 Å². The van der Waals surface area contributed by atoms with Crippen molar-refractivity contribution < 1.29 is 0 Å². The van der Waals surface area contributed by atoms with E-state index in [4.69, 9.17) is 11.1 Å². The van der Waals surface area contributed by atoms with Crippen molar-refractivity contribution in [2.75, 3.05) is 13.1 Å². The molecule has 2 fully saturated rings. The number of hydrazine groups is 1. The van der Waals surface area contributed by atoms with E-state index in [1.165, 1.54) is 0 Å². The van der Waals surface area contributed by atoms with Crippen molar-refractivity contribution in [3.05, 3.63) is 0 Å². The van der Waals surface area contributed by atoms with E-state index in [1.807, 2.05) is 5.01 Å². The number of nitrogens with two attached hydrogens (primary N) is 1. The summed E-state index contributed by atoms with van der Waals surface area (Å²) in [6, 6.07) is 2.28. The molecule has 3 nitrogen and oxygen atoms in total. The smallest absolute Gasteiger partial charge is 0.0662 e. The van der Waals surface area contributed by atoms with E-state index in [2.05, 4.69) is 6.07 Å². The van der Waals surface area contributed by atoms with Gasteiger partial charge in [0.25, 0.3) is 0 Å². The van der Waals surface area contributed by atoms with Crippen molar-refractivity contribution in [2.24, 2.45) is 23.6 Å². The first-order chi connectivity index (χ1) is 4.33. The molecule has 3 atom stereocenters. The second-order valence-electron chi connectivity index (χ2n) is 2.94. The number of fused-ring (bicyclic) bond motifs is 1. The lowest BCUT2D eigenvalue weighted by atomic mass is 10.3. The first kappa shape index (κ1) is 5.21. The molecule has 1 aliphatic carbocycles. The van der Waals surface area contributed by atoms with Gasteiger partial charge < -0.3 is 0 Å². The van der Waals surface area contributed by atoms with E-state index in [0.717, 1.165) is 13.1 Å². The van der Waals surface area contributed by atoms with E-state index in [9.17, 15) is 0 Å². The number of rotatable bonds is 0. The molecule has 0 aromatic heterocycles. The summed E-state index contributed by atoms with van der Waals surface area (Å²) >= 11 is 0. The second-order valence-corrected chi connectivity index (χ2v) is 2.94. The predicted molar refractivity (Wildman–Crippen MR) is 31.8 cm³/mol. The number of hydrogen-bond acceptors (Lipinski definition) is 3. The second kappa shape index (κ2) is 1.47. The molecule has 0 aromatic rings. The van der Waals surface area contributed by atoms with Crippen LogP contribution in [0, 0.1) is 29.1 Å². The minimum Gasteiger partial charge on any atom is -0.269 e. The Labute approximate surface area is 54.0 Å². The lowest BCUT2D eigenvalue weighted by molar-refractivity contribution is 0.306. The molecule has 9 heavy (non-hydrogen) atoms. The Kier molecular flexibility index (Phi) is 0.850. The summed E-state index contributed by atoms with van der Waals surface area (Å²) in [5, 5.41) is 10.3. The monoisotopic (exact) mass is 123 g/mol. The molecule has 2 unspecified atom stereocenters. The number of piperidine rings is 1. The highest BCUT2D eigenvalue weighted by Gasteiger charge is 2.55. The molecule has 2 aliphatic rings. The van der Waals surface area contributed by atoms with Gasteiger partial charge in [0.2, 0.25) is 0 Å². The number of nitriles is 1. The molecule has 0 radical (unpaired) electrons. The van der Waals surface area contributed by atoms with E-state index in [-0.39, 0.29) is 0 Å². The summed E-state index contributed by atoms with van der Waals surface area (Å²) in [5.41, 5.74) is 0. The Hall–Kier alpha value is -0.590. The van der Waals surface area contributed by atoms with Crippen LogP contribution >= 0.6 is 0 Å². The van der Waals surface area contributed by atoms with Crippen LogP contribution in [0.15, 0.2) is 0 Å². The van der Waals surface area contributed by atoms with Gasteiger partial charge in [0.1, 0.15) is 0 Å². The number of hydrogen-bond donors (Lipinski definition) is 1. The lowest BCUT2D eigenvalue weighted by Gasteiger charge is -2.08. The van der Waals surface area contributed by atoms with Gasteiger partial charge in [-0.05, 0) is 11.8 Å². The zero-order valence-corrected chi connectivity index (χ0v) is 5.12. The molecular formula is C6H9N3. The maximum Gasteiger partial charge on any atom is 0.0662 e. The summed E-state index contributed by atoms with van der Waals surface area (Å²) in [6.07, 6.45) is 0. The molecule has 0 spiro atoms. The Morgan fingerprint density at radius 2 is 2.00 bits per heavy atom. The summed E-state index contributed by atoms with van der Waals surface area (Å²) in [6.45, 7) is 1.87. The van der Waals surface area contributed by atoms with Crippen LogP contribution in [0.2, 0.25) is 0 Å². The average Bonchev–Trinajstić information content (AvgIpc) is 2.30. The van der Waals surface area contributed by atoms with Gasteiger partial charge in [0, 0.05) is 13.1 Å². The summed E-state index contributed by atoms with van der Waals surface area (Å²) in [7, 11) is 0. The Bertz CT molecular complexity index is 160. The summed E-state index contributed by atoms with van der Waals surface area (Å²) < 4.78 is 0. The SMILES string of the molecule is N#CC1C2CN(N)C[C@H]12. The highest BCUT2D eigenvalue weighted by atomic mass is 15.4. The van der Waals surface area contributed by atoms with Gasteiger partial charge in [-0.2, -0.15) is 5.26 Å². The van der Waals surface area contributed by atoms with Crippen molar-refractivity contribution in [1.82, 2.24) is 5.01 Å². The molecule has 3 heteroatoms. The van der Waals surface area contributed by atoms with Crippen molar-refractivity contribution in [3.8, 4) is 6.07 Å². The van der Waals surface area contributed by atoms with Crippen molar-refractivity contribution >= 4 is 0 Å². The average molecular weight is 123 g/mol. The Morgan fingerprint density at radius 1 is 1.44 bits per heavy atom. The van der Waals surface area contributed by atoms with Gasteiger partial charge in [-0.1, -0.05) is 0 Å². The van der Waals surface area contributed by atoms with E-state index in [1.54, 1.807) is 0 Å². The van der Waals surface area contributed by atoms with Gasteiger partial charge in [-0.25, -0.2) is 5.01 Å². The Morgan fingerprint density at radius 3 is 2.44 bits per heavy atom. The maximum atomic E-state index is 8.49. The highest BCUT2D eigenvalue weighted by molar-refractivity contribution is 5.13. The van der Waals surface area contributed by atoms with Crippen molar-refractivity contribution in [2.45, 2.75) is 0 Å². The van der Waals surface area contributed by atoms with E-state index < -0.39 is 0 Å². The largest absolute Gasteiger partial charge is 0.269 e. The third-order valence-corrected chi connectivity index (χ3v) is 2.37. The lowest BCUT2D eigenvalue weighted by Crippen LogP contribution is -2.31. The summed E-state index contributed by atoms with van der Waals surface area (Å²) in [5.74, 6) is 7.06. The molecule has 1 aliphatic heterocycles. The minimum absolute atomic E-state index is 0.338. The molecule has 48 valence electrons. The van der Waals surface area contributed by atoms with Crippen LogP contribution < -0.4 is 5.84 Å². The summed E-state index contributed by atoms with van der Waals surface area (Å²) in [4.78, 5) is 0. The molecule has 0 aromatic carbocycles. The molecule has 1 saturated carbocycles. The fourth-order valence-electron chi connectivity index (χ4n) is 1.75. The predicted octanol–water partition coefficient (Wildman–Crippen LogP) is -0.439. The van der Waals surface area contributed by atoms with E-state index >= 15 is 0 Å². The Balaban J connectivity index is 2.00. The number of nitrogens with zero attached hydrogens (tertiary/aromatic N) is 2. The van der Waals surface area contributed by atoms with Gasteiger partial charge in [-0.3, -0.25) is 5.84 Å². The van der Waals surface area contributed by atoms with Crippen LogP contribution in [-0.4, -0.2) is 18.1 Å². The van der Waals surface area contributed by atoms with Gasteiger partial charge in [-0.15, -0.1) is 0 Å².